The molecule has 1 aliphatic rings. The molecule has 0 saturated carbocycles. The molecule has 1 aliphatic carbocycles. The summed E-state index contributed by atoms with van der Waals surface area (Å²) >= 11 is 0. The monoisotopic (exact) mass is 368 g/mol. The third-order valence-electron chi connectivity index (χ3n) is 6.26. The van der Waals surface area contributed by atoms with E-state index in [4.69, 9.17) is 0 Å². The molecule has 0 aromatic heterocycles. The lowest BCUT2D eigenvalue weighted by Crippen LogP contribution is -2.23. The fraction of sp³-hybridized carbons (Fsp3) is 0.231. The minimum atomic E-state index is -0.416. The minimum Gasteiger partial charge on any atom is -0.291 e. The first-order valence-electron chi connectivity index (χ1n) is 9.92. The number of Topliss-reactive ketones (excluding diaryl/α,β-unsaturated/α-hetero) is 2. The molecule has 140 valence electrons. The van der Waals surface area contributed by atoms with Crippen LogP contribution in [0.2, 0.25) is 0 Å². The predicted molar refractivity (Wildman–Crippen MR) is 114 cm³/mol. The molecule has 2 nitrogen and oxygen atoms in total. The second-order valence-electron chi connectivity index (χ2n) is 7.56. The van der Waals surface area contributed by atoms with E-state index in [0.717, 1.165) is 12.8 Å². The Kier molecular flexibility index (Phi) is 4.50. The molecule has 0 atom stereocenters. The van der Waals surface area contributed by atoms with Crippen LogP contribution in [-0.4, -0.2) is 11.6 Å². The molecule has 0 unspecified atom stereocenters. The zero-order valence-electron chi connectivity index (χ0n) is 16.6. The molecule has 0 bridgehead atoms. The van der Waals surface area contributed by atoms with Gasteiger partial charge in [0.1, 0.15) is 0 Å². The van der Waals surface area contributed by atoms with Crippen LogP contribution in [0.15, 0.2) is 66.7 Å². The van der Waals surface area contributed by atoms with Gasteiger partial charge in [0.15, 0.2) is 5.78 Å². The van der Waals surface area contributed by atoms with Gasteiger partial charge in [0.05, 0.1) is 0 Å². The lowest BCUT2D eigenvalue weighted by molar-refractivity contribution is -0.113. The van der Waals surface area contributed by atoms with Gasteiger partial charge in [-0.3, -0.25) is 9.59 Å². The zero-order chi connectivity index (χ0) is 19.9. The molecule has 3 aromatic rings. The summed E-state index contributed by atoms with van der Waals surface area (Å²) in [5.74, 6) is -0.828. The maximum Gasteiger partial charge on any atom is 0.228 e. The van der Waals surface area contributed by atoms with Crippen molar-refractivity contribution in [3.05, 3.63) is 83.4 Å². The number of rotatable bonds is 5. The quantitative estimate of drug-likeness (QED) is 0.396. The summed E-state index contributed by atoms with van der Waals surface area (Å²) in [6.45, 7) is 5.75. The van der Waals surface area contributed by atoms with Crippen LogP contribution in [0, 0.1) is 0 Å². The molecule has 0 amide bonds. The van der Waals surface area contributed by atoms with Gasteiger partial charge in [0.2, 0.25) is 5.78 Å². The first kappa shape index (κ1) is 18.4. The minimum absolute atomic E-state index is 0.136. The molecule has 0 aliphatic heterocycles. The van der Waals surface area contributed by atoms with Crippen molar-refractivity contribution < 1.29 is 9.59 Å². The Morgan fingerprint density at radius 3 is 1.96 bits per heavy atom. The van der Waals surface area contributed by atoms with Gasteiger partial charge >= 0.3 is 0 Å². The normalized spacial score (nSPS) is 13.7. The maximum atomic E-state index is 12.3. The van der Waals surface area contributed by atoms with Crippen LogP contribution >= 0.6 is 0 Å². The van der Waals surface area contributed by atoms with Crippen molar-refractivity contribution in [1.29, 1.82) is 0 Å². The van der Waals surface area contributed by atoms with Crippen LogP contribution in [0.3, 0.4) is 0 Å². The summed E-state index contributed by atoms with van der Waals surface area (Å²) in [5, 5.41) is 0. The van der Waals surface area contributed by atoms with E-state index in [1.165, 1.54) is 40.3 Å². The Hall–Kier alpha value is -3.00. The third kappa shape index (κ3) is 2.63. The smallest absolute Gasteiger partial charge is 0.228 e. The Morgan fingerprint density at radius 2 is 1.36 bits per heavy atom. The lowest BCUT2D eigenvalue weighted by atomic mass is 9.73. The molecule has 0 fully saturated rings. The van der Waals surface area contributed by atoms with Crippen molar-refractivity contribution in [3.8, 4) is 22.3 Å². The molecule has 0 spiro atoms. The van der Waals surface area contributed by atoms with E-state index in [0.29, 0.717) is 5.56 Å². The van der Waals surface area contributed by atoms with Crippen LogP contribution in [0.5, 0.6) is 0 Å². The molecule has 3 aromatic carbocycles. The SMILES string of the molecule is CCC1(CC)c2cc(C(=O)C(C)=O)ccc2-c2ccc(-c3ccccc3)cc21. The summed E-state index contributed by atoms with van der Waals surface area (Å²) in [6, 6.07) is 22.9. The fourth-order valence-corrected chi connectivity index (χ4v) is 4.66. The van der Waals surface area contributed by atoms with E-state index >= 15 is 0 Å². The Morgan fingerprint density at radius 1 is 0.750 bits per heavy atom. The molecule has 0 radical (unpaired) electrons. The Labute approximate surface area is 166 Å². The summed E-state index contributed by atoms with van der Waals surface area (Å²) in [5.41, 5.74) is 7.68. The van der Waals surface area contributed by atoms with Gasteiger partial charge in [-0.25, -0.2) is 0 Å². The molecule has 4 rings (SSSR count). The summed E-state index contributed by atoms with van der Waals surface area (Å²) in [7, 11) is 0. The van der Waals surface area contributed by atoms with Crippen molar-refractivity contribution in [2.24, 2.45) is 0 Å². The van der Waals surface area contributed by atoms with Crippen molar-refractivity contribution in [2.45, 2.75) is 39.0 Å². The maximum absolute atomic E-state index is 12.3. The predicted octanol–water partition coefficient (Wildman–Crippen LogP) is 6.21. The standard InChI is InChI=1S/C26H24O2/c1-4-26(5-2)23-15-19(18-9-7-6-8-10-18)11-13-21(23)22-14-12-20(16-24(22)26)25(28)17(3)27/h6-16H,4-5H2,1-3H3. The van der Waals surface area contributed by atoms with E-state index in [2.05, 4.69) is 56.3 Å². The molecule has 0 N–H and O–H groups in total. The largest absolute Gasteiger partial charge is 0.291 e. The second-order valence-corrected chi connectivity index (χ2v) is 7.56. The topological polar surface area (TPSA) is 34.1 Å². The van der Waals surface area contributed by atoms with Gasteiger partial charge in [0, 0.05) is 17.9 Å². The zero-order valence-corrected chi connectivity index (χ0v) is 16.6. The Balaban J connectivity index is 1.93. The summed E-state index contributed by atoms with van der Waals surface area (Å²) in [6.07, 6.45) is 1.89. The van der Waals surface area contributed by atoms with Crippen LogP contribution in [0.1, 0.15) is 55.1 Å². The molecule has 28 heavy (non-hydrogen) atoms. The van der Waals surface area contributed by atoms with Gasteiger partial charge in [0.25, 0.3) is 0 Å². The van der Waals surface area contributed by atoms with Crippen molar-refractivity contribution in [3.63, 3.8) is 0 Å². The summed E-state index contributed by atoms with van der Waals surface area (Å²) in [4.78, 5) is 23.9. The number of hydrogen-bond acceptors (Lipinski definition) is 2. The molecule has 2 heteroatoms. The second kappa shape index (κ2) is 6.87. The molecule has 0 saturated heterocycles. The van der Waals surface area contributed by atoms with E-state index in [1.807, 2.05) is 18.2 Å². The van der Waals surface area contributed by atoms with Gasteiger partial charge in [-0.2, -0.15) is 0 Å². The van der Waals surface area contributed by atoms with Crippen LogP contribution in [0.25, 0.3) is 22.3 Å². The number of benzene rings is 3. The molecule has 0 heterocycles. The first-order valence-corrected chi connectivity index (χ1v) is 9.92. The molecular formula is C26H24O2. The van der Waals surface area contributed by atoms with Gasteiger partial charge < -0.3 is 0 Å². The summed E-state index contributed by atoms with van der Waals surface area (Å²) < 4.78 is 0. The highest BCUT2D eigenvalue weighted by molar-refractivity contribution is 6.43. The first-order chi connectivity index (χ1) is 13.5. The van der Waals surface area contributed by atoms with E-state index in [1.54, 1.807) is 6.07 Å². The number of fused-ring (bicyclic) bond motifs is 3. The number of carbonyl (C=O) groups excluding carboxylic acids is 2. The lowest BCUT2D eigenvalue weighted by Gasteiger charge is -2.30. The average molecular weight is 368 g/mol. The fourth-order valence-electron chi connectivity index (χ4n) is 4.66. The van der Waals surface area contributed by atoms with Crippen molar-refractivity contribution in [1.82, 2.24) is 0 Å². The third-order valence-corrected chi connectivity index (χ3v) is 6.26. The van der Waals surface area contributed by atoms with E-state index in [9.17, 15) is 9.59 Å². The van der Waals surface area contributed by atoms with Gasteiger partial charge in [-0.15, -0.1) is 0 Å². The number of hydrogen-bond donors (Lipinski definition) is 0. The molecular weight excluding hydrogens is 344 g/mol. The highest BCUT2D eigenvalue weighted by Gasteiger charge is 2.41. The number of ketones is 2. The van der Waals surface area contributed by atoms with E-state index in [-0.39, 0.29) is 5.41 Å². The van der Waals surface area contributed by atoms with Crippen molar-refractivity contribution >= 4 is 11.6 Å². The van der Waals surface area contributed by atoms with Gasteiger partial charge in [-0.05, 0) is 58.4 Å². The highest BCUT2D eigenvalue weighted by Crippen LogP contribution is 2.53. The van der Waals surface area contributed by atoms with E-state index < -0.39 is 11.6 Å². The van der Waals surface area contributed by atoms with Crippen molar-refractivity contribution in [2.75, 3.05) is 0 Å². The highest BCUT2D eigenvalue weighted by atomic mass is 16.2. The van der Waals surface area contributed by atoms with Gasteiger partial charge in [-0.1, -0.05) is 68.4 Å². The van der Waals surface area contributed by atoms with Crippen LogP contribution < -0.4 is 0 Å². The van der Waals surface area contributed by atoms with Crippen LogP contribution in [-0.2, 0) is 10.2 Å². The average Bonchev–Trinajstić information content (AvgIpc) is 3.02. The number of carbonyl (C=O) groups is 2. The van der Waals surface area contributed by atoms with Crippen LogP contribution in [0.4, 0.5) is 0 Å². The Bertz CT molecular complexity index is 1070.